The molecule has 0 saturated heterocycles. The highest BCUT2D eigenvalue weighted by Gasteiger charge is 2.16. The molecule has 1 aromatic heterocycles. The molecule has 5 nitrogen and oxygen atoms in total. The first-order chi connectivity index (χ1) is 5.42. The smallest absolute Gasteiger partial charge is 0.154 e. The topological polar surface area (TPSA) is 84.6 Å². The maximum absolute atomic E-state index is 4.80. The summed E-state index contributed by atoms with van der Waals surface area (Å²) in [6.07, 6.45) is 3.23. The van der Waals surface area contributed by atoms with Crippen LogP contribution in [0, 0.1) is 0 Å². The van der Waals surface area contributed by atoms with Crippen LogP contribution in [-0.2, 0) is 0 Å². The molecule has 6 heteroatoms. The number of hydrogen-bond donors (Lipinski definition) is 2. The summed E-state index contributed by atoms with van der Waals surface area (Å²) in [4.78, 5) is 11.1. The van der Waals surface area contributed by atoms with Crippen molar-refractivity contribution >= 4 is 29.7 Å². The fourth-order valence-corrected chi connectivity index (χ4v) is 1.21. The SMILES string of the molecule is O.S=CC1N=CNc2nc[nH]c21. The average Bonchev–Trinajstić information content (AvgIpc) is 2.50. The molecule has 1 aliphatic heterocycles. The summed E-state index contributed by atoms with van der Waals surface area (Å²) < 4.78 is 0. The summed E-state index contributed by atoms with van der Waals surface area (Å²) in [6, 6.07) is -0.0521. The molecule has 12 heavy (non-hydrogen) atoms. The molecule has 0 aromatic carbocycles. The molecule has 0 saturated carbocycles. The van der Waals surface area contributed by atoms with Crippen molar-refractivity contribution in [2.75, 3.05) is 5.32 Å². The minimum atomic E-state index is -0.0521. The van der Waals surface area contributed by atoms with Crippen LogP contribution < -0.4 is 5.32 Å². The van der Waals surface area contributed by atoms with Crippen molar-refractivity contribution in [1.82, 2.24) is 9.97 Å². The summed E-state index contributed by atoms with van der Waals surface area (Å²) >= 11 is 4.80. The number of nitrogens with one attached hydrogen (secondary N) is 2. The zero-order valence-electron chi connectivity index (χ0n) is 6.11. The molecule has 0 bridgehead atoms. The number of fused-ring (bicyclic) bond motifs is 1. The largest absolute Gasteiger partial charge is 0.412 e. The number of imidazole rings is 1. The molecule has 1 aliphatic rings. The fourth-order valence-electron chi connectivity index (χ4n) is 1.00. The highest BCUT2D eigenvalue weighted by atomic mass is 32.1. The van der Waals surface area contributed by atoms with Gasteiger partial charge < -0.3 is 15.8 Å². The lowest BCUT2D eigenvalue weighted by atomic mass is 10.2. The predicted molar refractivity (Wildman–Crippen MR) is 50.7 cm³/mol. The normalized spacial score (nSPS) is 18.8. The lowest BCUT2D eigenvalue weighted by molar-refractivity contribution is 0.824. The van der Waals surface area contributed by atoms with Crippen molar-refractivity contribution in [3.63, 3.8) is 0 Å². The lowest BCUT2D eigenvalue weighted by Crippen LogP contribution is -2.10. The van der Waals surface area contributed by atoms with Crippen LogP contribution in [0.1, 0.15) is 11.7 Å². The molecular weight excluding hydrogens is 176 g/mol. The monoisotopic (exact) mass is 184 g/mol. The summed E-state index contributed by atoms with van der Waals surface area (Å²) in [7, 11) is 0. The van der Waals surface area contributed by atoms with Gasteiger partial charge in [0.15, 0.2) is 5.82 Å². The first-order valence-corrected chi connectivity index (χ1v) is 3.65. The highest BCUT2D eigenvalue weighted by Crippen LogP contribution is 2.22. The summed E-state index contributed by atoms with van der Waals surface area (Å²) in [5, 5.41) is 4.51. The van der Waals surface area contributed by atoms with Crippen molar-refractivity contribution in [2.24, 2.45) is 4.99 Å². The number of aromatic nitrogens is 2. The van der Waals surface area contributed by atoms with Gasteiger partial charge in [0.1, 0.15) is 6.04 Å². The van der Waals surface area contributed by atoms with E-state index in [2.05, 4.69) is 20.3 Å². The van der Waals surface area contributed by atoms with Crippen LogP contribution >= 0.6 is 12.2 Å². The Morgan fingerprint density at radius 2 is 2.42 bits per heavy atom. The van der Waals surface area contributed by atoms with Crippen LogP contribution in [-0.4, -0.2) is 27.2 Å². The van der Waals surface area contributed by atoms with E-state index in [0.717, 1.165) is 11.5 Å². The molecule has 2 heterocycles. The van der Waals surface area contributed by atoms with Gasteiger partial charge >= 0.3 is 0 Å². The van der Waals surface area contributed by atoms with E-state index in [1.807, 2.05) is 0 Å². The number of aliphatic imine (C=N–C) groups is 1. The van der Waals surface area contributed by atoms with Gasteiger partial charge in [-0.3, -0.25) is 4.99 Å². The van der Waals surface area contributed by atoms with Crippen molar-refractivity contribution in [1.29, 1.82) is 0 Å². The van der Waals surface area contributed by atoms with E-state index in [1.165, 1.54) is 0 Å². The van der Waals surface area contributed by atoms with Crippen molar-refractivity contribution < 1.29 is 5.48 Å². The number of hydrogen-bond acceptors (Lipinski definition) is 4. The molecule has 1 atom stereocenters. The second kappa shape index (κ2) is 3.42. The van der Waals surface area contributed by atoms with Gasteiger partial charge in [-0.1, -0.05) is 12.2 Å². The molecule has 0 amide bonds. The van der Waals surface area contributed by atoms with Crippen LogP contribution in [0.2, 0.25) is 0 Å². The molecule has 0 spiro atoms. The first kappa shape index (κ1) is 8.82. The van der Waals surface area contributed by atoms with E-state index >= 15 is 0 Å². The number of H-pyrrole nitrogens is 1. The number of rotatable bonds is 1. The van der Waals surface area contributed by atoms with Crippen molar-refractivity contribution in [3.05, 3.63) is 12.0 Å². The molecule has 1 aromatic rings. The van der Waals surface area contributed by atoms with Gasteiger partial charge in [-0.2, -0.15) is 0 Å². The Balaban J connectivity index is 0.000000720. The molecular formula is C6H8N4OS. The van der Waals surface area contributed by atoms with Gasteiger partial charge in [-0.25, -0.2) is 4.98 Å². The number of nitrogens with zero attached hydrogens (tertiary/aromatic N) is 2. The average molecular weight is 184 g/mol. The predicted octanol–water partition coefficient (Wildman–Crippen LogP) is 0.0796. The molecule has 64 valence electrons. The zero-order valence-corrected chi connectivity index (χ0v) is 6.93. The Morgan fingerprint density at radius 1 is 1.58 bits per heavy atom. The lowest BCUT2D eigenvalue weighted by Gasteiger charge is -2.11. The van der Waals surface area contributed by atoms with Crippen molar-refractivity contribution in [3.8, 4) is 0 Å². The van der Waals surface area contributed by atoms with Gasteiger partial charge in [0.25, 0.3) is 0 Å². The maximum atomic E-state index is 4.80. The summed E-state index contributed by atoms with van der Waals surface area (Å²) in [5.41, 5.74) is 0.933. The number of aromatic amines is 1. The Kier molecular flexibility index (Phi) is 2.51. The third kappa shape index (κ3) is 1.21. The number of thiocarbonyl (C=S) groups is 1. The van der Waals surface area contributed by atoms with Gasteiger partial charge in [-0.15, -0.1) is 0 Å². The Labute approximate surface area is 74.2 Å². The maximum Gasteiger partial charge on any atom is 0.154 e. The minimum absolute atomic E-state index is 0. The summed E-state index contributed by atoms with van der Waals surface area (Å²) in [5.74, 6) is 0.811. The highest BCUT2D eigenvalue weighted by molar-refractivity contribution is 7.79. The van der Waals surface area contributed by atoms with E-state index < -0.39 is 0 Å². The number of anilines is 1. The van der Waals surface area contributed by atoms with E-state index in [0.29, 0.717) is 0 Å². The molecule has 0 aliphatic carbocycles. The Bertz CT molecular complexity index is 308. The quantitative estimate of drug-likeness (QED) is 0.606. The van der Waals surface area contributed by atoms with Gasteiger partial charge in [0.2, 0.25) is 0 Å². The van der Waals surface area contributed by atoms with Crippen molar-refractivity contribution in [2.45, 2.75) is 6.04 Å². The van der Waals surface area contributed by atoms with E-state index in [4.69, 9.17) is 12.2 Å². The van der Waals surface area contributed by atoms with E-state index in [1.54, 1.807) is 18.0 Å². The van der Waals surface area contributed by atoms with E-state index in [9.17, 15) is 0 Å². The zero-order chi connectivity index (χ0) is 7.68. The third-order valence-corrected chi connectivity index (χ3v) is 1.79. The standard InChI is InChI=1S/C6H6N4S.H2O/c11-1-4-5-6(9-2-7-4)10-3-8-5;/h1-4H,(H,7,9)(H,8,10);1H2. The minimum Gasteiger partial charge on any atom is -0.412 e. The van der Waals surface area contributed by atoms with Gasteiger partial charge in [0, 0.05) is 5.37 Å². The van der Waals surface area contributed by atoms with Crippen LogP contribution in [0.4, 0.5) is 5.82 Å². The molecule has 1 unspecified atom stereocenters. The second-order valence-electron chi connectivity index (χ2n) is 2.17. The fraction of sp³-hybridized carbons (Fsp3) is 0.167. The van der Waals surface area contributed by atoms with Crippen LogP contribution in [0.15, 0.2) is 11.3 Å². The van der Waals surface area contributed by atoms with Crippen LogP contribution in [0.3, 0.4) is 0 Å². The summed E-state index contributed by atoms with van der Waals surface area (Å²) in [6.45, 7) is 0. The van der Waals surface area contributed by atoms with Crippen LogP contribution in [0.25, 0.3) is 0 Å². The molecule has 4 N–H and O–H groups in total. The Morgan fingerprint density at radius 3 is 3.17 bits per heavy atom. The second-order valence-corrected chi connectivity index (χ2v) is 2.44. The Hall–Kier alpha value is -1.27. The molecule has 0 fully saturated rings. The van der Waals surface area contributed by atoms with Crippen LogP contribution in [0.5, 0.6) is 0 Å². The van der Waals surface area contributed by atoms with Gasteiger partial charge in [-0.05, 0) is 0 Å². The van der Waals surface area contributed by atoms with Gasteiger partial charge in [0.05, 0.1) is 18.4 Å². The third-order valence-electron chi connectivity index (χ3n) is 1.53. The molecule has 0 radical (unpaired) electrons. The molecule has 2 rings (SSSR count). The van der Waals surface area contributed by atoms with E-state index in [-0.39, 0.29) is 11.5 Å². The first-order valence-electron chi connectivity index (χ1n) is 3.18.